The number of carbonyl (C=O) groups excluding carboxylic acids is 1. The van der Waals surface area contributed by atoms with Crippen LogP contribution in [-0.2, 0) is 9.59 Å². The zero-order valence-corrected chi connectivity index (χ0v) is 11.8. The third kappa shape index (κ3) is 4.92. The molecule has 0 saturated carbocycles. The maximum atomic E-state index is 11.7. The molecule has 6 heteroatoms. The number of aliphatic carboxylic acids is 1. The number of nitrogens with one attached hydrogen (secondary N) is 1. The number of thioether (sulfide) groups is 1. The predicted molar refractivity (Wildman–Crippen MR) is 77.5 cm³/mol. The van der Waals surface area contributed by atoms with Crippen LogP contribution < -0.4 is 11.1 Å². The molecule has 1 amide bonds. The molecule has 0 fully saturated rings. The third-order valence-electron chi connectivity index (χ3n) is 2.73. The van der Waals surface area contributed by atoms with Crippen LogP contribution in [0.2, 0.25) is 0 Å². The Balaban J connectivity index is 2.43. The first-order chi connectivity index (χ1) is 8.91. The molecule has 1 aromatic carbocycles. The van der Waals surface area contributed by atoms with Crippen LogP contribution in [0.3, 0.4) is 0 Å². The van der Waals surface area contributed by atoms with E-state index < -0.39 is 12.0 Å². The van der Waals surface area contributed by atoms with Crippen molar-refractivity contribution in [1.29, 1.82) is 0 Å². The summed E-state index contributed by atoms with van der Waals surface area (Å²) in [6.45, 7) is 3.92. The fourth-order valence-corrected chi connectivity index (χ4v) is 2.19. The first-order valence-corrected chi connectivity index (χ1v) is 6.99. The van der Waals surface area contributed by atoms with E-state index >= 15 is 0 Å². The lowest BCUT2D eigenvalue weighted by molar-refractivity contribution is -0.137. The summed E-state index contributed by atoms with van der Waals surface area (Å²) in [7, 11) is 0. The van der Waals surface area contributed by atoms with Crippen LogP contribution in [0, 0.1) is 13.8 Å². The van der Waals surface area contributed by atoms with Gasteiger partial charge in [-0.25, -0.2) is 0 Å². The molecule has 1 atom stereocenters. The molecule has 0 aromatic heterocycles. The van der Waals surface area contributed by atoms with Gasteiger partial charge in [-0.1, -0.05) is 12.1 Å². The molecule has 4 N–H and O–H groups in total. The van der Waals surface area contributed by atoms with E-state index in [9.17, 15) is 9.59 Å². The molecule has 0 aliphatic carbocycles. The molecule has 0 aliphatic rings. The van der Waals surface area contributed by atoms with Crippen molar-refractivity contribution < 1.29 is 14.7 Å². The number of carbonyl (C=O) groups is 2. The fourth-order valence-electron chi connectivity index (χ4n) is 1.42. The van der Waals surface area contributed by atoms with E-state index in [0.29, 0.717) is 0 Å². The molecule has 0 aliphatic heterocycles. The number of carboxylic acid groups (broad SMARTS) is 1. The normalized spacial score (nSPS) is 11.9. The number of benzene rings is 1. The monoisotopic (exact) mass is 282 g/mol. The van der Waals surface area contributed by atoms with Gasteiger partial charge in [-0.05, 0) is 31.0 Å². The molecule has 1 rings (SSSR count). The molecule has 19 heavy (non-hydrogen) atoms. The van der Waals surface area contributed by atoms with Crippen LogP contribution in [0.4, 0.5) is 5.69 Å². The number of anilines is 1. The largest absolute Gasteiger partial charge is 0.480 e. The minimum absolute atomic E-state index is 0.156. The highest BCUT2D eigenvalue weighted by Gasteiger charge is 2.12. The standard InChI is InChI=1S/C13H18N2O3S/c1-8-4-3-5-11(9(8)2)15-12(16)7-19-6-10(14)13(17)18/h3-5,10H,6-7,14H2,1-2H3,(H,15,16)(H,17,18). The summed E-state index contributed by atoms with van der Waals surface area (Å²) in [5.74, 6) is -0.803. The summed E-state index contributed by atoms with van der Waals surface area (Å²) in [4.78, 5) is 22.2. The van der Waals surface area contributed by atoms with Crippen LogP contribution in [0.5, 0.6) is 0 Å². The lowest BCUT2D eigenvalue weighted by Crippen LogP contribution is -2.33. The average Bonchev–Trinajstić information content (AvgIpc) is 2.34. The van der Waals surface area contributed by atoms with Gasteiger partial charge in [0.15, 0.2) is 0 Å². The second kappa shape index (κ2) is 7.16. The Kier molecular flexibility index (Phi) is 5.85. The predicted octanol–water partition coefficient (Wildman–Crippen LogP) is 1.39. The Morgan fingerprint density at radius 3 is 2.74 bits per heavy atom. The quantitative estimate of drug-likeness (QED) is 0.733. The molecule has 0 saturated heterocycles. The summed E-state index contributed by atoms with van der Waals surface area (Å²) >= 11 is 1.21. The molecule has 1 unspecified atom stereocenters. The van der Waals surface area contributed by atoms with Crippen LogP contribution in [0.15, 0.2) is 18.2 Å². The van der Waals surface area contributed by atoms with E-state index in [-0.39, 0.29) is 17.4 Å². The van der Waals surface area contributed by atoms with Gasteiger partial charge >= 0.3 is 5.97 Å². The molecular weight excluding hydrogens is 264 g/mol. The minimum atomic E-state index is -1.05. The molecule has 5 nitrogen and oxygen atoms in total. The van der Waals surface area contributed by atoms with Gasteiger partial charge in [0.25, 0.3) is 0 Å². The summed E-state index contributed by atoms with van der Waals surface area (Å²) in [5.41, 5.74) is 8.27. The number of aryl methyl sites for hydroxylation is 1. The molecule has 0 spiro atoms. The van der Waals surface area contributed by atoms with Crippen molar-refractivity contribution in [2.45, 2.75) is 19.9 Å². The van der Waals surface area contributed by atoms with Crippen molar-refractivity contribution in [2.24, 2.45) is 5.73 Å². The topological polar surface area (TPSA) is 92.4 Å². The molecule has 104 valence electrons. The zero-order chi connectivity index (χ0) is 14.4. The highest BCUT2D eigenvalue weighted by Crippen LogP contribution is 2.18. The first kappa shape index (κ1) is 15.5. The molecular formula is C13H18N2O3S. The average molecular weight is 282 g/mol. The lowest BCUT2D eigenvalue weighted by Gasteiger charge is -2.10. The Labute approximate surface area is 116 Å². The second-order valence-corrected chi connectivity index (χ2v) is 5.29. The van der Waals surface area contributed by atoms with E-state index in [1.165, 1.54) is 11.8 Å². The molecule has 0 bridgehead atoms. The summed E-state index contributed by atoms with van der Waals surface area (Å²) in [6.07, 6.45) is 0. The van der Waals surface area contributed by atoms with Gasteiger partial charge in [0, 0.05) is 11.4 Å². The lowest BCUT2D eigenvalue weighted by atomic mass is 10.1. The van der Waals surface area contributed by atoms with E-state index in [1.54, 1.807) is 0 Å². The van der Waals surface area contributed by atoms with E-state index in [0.717, 1.165) is 16.8 Å². The van der Waals surface area contributed by atoms with Crippen molar-refractivity contribution in [1.82, 2.24) is 0 Å². The molecule has 0 radical (unpaired) electrons. The zero-order valence-electron chi connectivity index (χ0n) is 11.0. The Morgan fingerprint density at radius 1 is 1.42 bits per heavy atom. The van der Waals surface area contributed by atoms with Gasteiger partial charge in [0.2, 0.25) is 5.91 Å². The fraction of sp³-hybridized carbons (Fsp3) is 0.385. The number of amides is 1. The van der Waals surface area contributed by atoms with Gasteiger partial charge in [-0.3, -0.25) is 9.59 Å². The number of nitrogens with two attached hydrogens (primary N) is 1. The number of rotatable bonds is 6. The van der Waals surface area contributed by atoms with Crippen molar-refractivity contribution in [3.05, 3.63) is 29.3 Å². The van der Waals surface area contributed by atoms with Crippen LogP contribution in [0.1, 0.15) is 11.1 Å². The molecule has 1 aromatic rings. The van der Waals surface area contributed by atoms with E-state index in [1.807, 2.05) is 32.0 Å². The van der Waals surface area contributed by atoms with Gasteiger partial charge < -0.3 is 16.2 Å². The highest BCUT2D eigenvalue weighted by atomic mass is 32.2. The minimum Gasteiger partial charge on any atom is -0.480 e. The van der Waals surface area contributed by atoms with Crippen LogP contribution in [0.25, 0.3) is 0 Å². The van der Waals surface area contributed by atoms with Gasteiger partial charge in [-0.15, -0.1) is 11.8 Å². The SMILES string of the molecule is Cc1cccc(NC(=O)CSCC(N)C(=O)O)c1C. The van der Waals surface area contributed by atoms with Gasteiger partial charge in [0.05, 0.1) is 5.75 Å². The van der Waals surface area contributed by atoms with Crippen LogP contribution in [-0.4, -0.2) is 34.5 Å². The second-order valence-electron chi connectivity index (χ2n) is 4.26. The third-order valence-corrected chi connectivity index (χ3v) is 3.79. The maximum Gasteiger partial charge on any atom is 0.321 e. The van der Waals surface area contributed by atoms with Gasteiger partial charge in [-0.2, -0.15) is 0 Å². The summed E-state index contributed by atoms with van der Waals surface area (Å²) in [6, 6.07) is 4.77. The number of carboxylic acids is 1. The van der Waals surface area contributed by atoms with Crippen molar-refractivity contribution in [3.63, 3.8) is 0 Å². The molecule has 0 heterocycles. The highest BCUT2D eigenvalue weighted by molar-refractivity contribution is 8.00. The Morgan fingerprint density at radius 2 is 2.11 bits per heavy atom. The van der Waals surface area contributed by atoms with Crippen molar-refractivity contribution >= 4 is 29.3 Å². The van der Waals surface area contributed by atoms with Crippen LogP contribution >= 0.6 is 11.8 Å². The smallest absolute Gasteiger partial charge is 0.321 e. The summed E-state index contributed by atoms with van der Waals surface area (Å²) in [5, 5.41) is 11.4. The number of hydrogen-bond donors (Lipinski definition) is 3. The van der Waals surface area contributed by atoms with Crippen molar-refractivity contribution in [3.8, 4) is 0 Å². The maximum absolute atomic E-state index is 11.7. The van der Waals surface area contributed by atoms with E-state index in [2.05, 4.69) is 5.32 Å². The summed E-state index contributed by atoms with van der Waals surface area (Å²) < 4.78 is 0. The van der Waals surface area contributed by atoms with E-state index in [4.69, 9.17) is 10.8 Å². The van der Waals surface area contributed by atoms with Gasteiger partial charge in [0.1, 0.15) is 6.04 Å². The first-order valence-electron chi connectivity index (χ1n) is 5.84. The Bertz CT molecular complexity index is 477. The Hall–Kier alpha value is -1.53. The number of hydrogen-bond acceptors (Lipinski definition) is 4. The van der Waals surface area contributed by atoms with Crippen molar-refractivity contribution in [2.75, 3.05) is 16.8 Å².